The summed E-state index contributed by atoms with van der Waals surface area (Å²) in [5.41, 5.74) is 8.11. The van der Waals surface area contributed by atoms with Gasteiger partial charge in [-0.3, -0.25) is 14.8 Å². The first-order valence-electron chi connectivity index (χ1n) is 5.50. The molecule has 0 atom stereocenters. The molecule has 4 heteroatoms. The van der Waals surface area contributed by atoms with Crippen molar-refractivity contribution in [1.29, 1.82) is 0 Å². The second-order valence-electron chi connectivity index (χ2n) is 3.87. The van der Waals surface area contributed by atoms with E-state index in [1.54, 1.807) is 18.3 Å². The van der Waals surface area contributed by atoms with Crippen LogP contribution in [0.2, 0.25) is 0 Å². The fraction of sp³-hybridized carbons (Fsp3) is 0.0714. The van der Waals surface area contributed by atoms with E-state index in [0.29, 0.717) is 17.7 Å². The topological polar surface area (TPSA) is 68.3 Å². The first kappa shape index (κ1) is 12.0. The van der Waals surface area contributed by atoms with Crippen LogP contribution < -0.4 is 5.73 Å². The molecule has 1 heterocycles. The molecule has 18 heavy (non-hydrogen) atoms. The predicted octanol–water partition coefficient (Wildman–Crippen LogP) is 2.10. The Morgan fingerprint density at radius 3 is 2.78 bits per heavy atom. The number of pyridine rings is 1. The minimum Gasteiger partial charge on any atom is -0.366 e. The van der Waals surface area contributed by atoms with Crippen LogP contribution in [0, 0.1) is 0 Å². The average Bonchev–Trinajstić information content (AvgIpc) is 2.40. The van der Waals surface area contributed by atoms with Gasteiger partial charge in [0.1, 0.15) is 0 Å². The molecule has 1 aromatic heterocycles. The number of carbonyl (C=O) groups excluding carboxylic acids is 1. The van der Waals surface area contributed by atoms with Crippen molar-refractivity contribution in [3.8, 4) is 0 Å². The Balaban J connectivity index is 2.33. The van der Waals surface area contributed by atoms with Gasteiger partial charge in [-0.1, -0.05) is 12.1 Å². The van der Waals surface area contributed by atoms with Crippen molar-refractivity contribution in [3.63, 3.8) is 0 Å². The molecule has 0 saturated carbocycles. The molecule has 1 aromatic carbocycles. The number of benzene rings is 1. The summed E-state index contributed by atoms with van der Waals surface area (Å²) in [5, 5.41) is 0. The van der Waals surface area contributed by atoms with Gasteiger partial charge in [0.2, 0.25) is 0 Å². The molecule has 2 N–H and O–H groups in total. The maximum atomic E-state index is 11.3. The smallest absolute Gasteiger partial charge is 0.250 e. The van der Waals surface area contributed by atoms with Crippen molar-refractivity contribution in [2.75, 3.05) is 0 Å². The van der Waals surface area contributed by atoms with Gasteiger partial charge in [-0.15, -0.1) is 0 Å². The fourth-order valence-electron chi connectivity index (χ4n) is 1.74. The van der Waals surface area contributed by atoms with E-state index in [-0.39, 0.29) is 0 Å². The largest absolute Gasteiger partial charge is 0.366 e. The van der Waals surface area contributed by atoms with Crippen molar-refractivity contribution in [2.24, 2.45) is 10.7 Å². The lowest BCUT2D eigenvalue weighted by molar-refractivity contribution is 0.100. The van der Waals surface area contributed by atoms with Crippen LogP contribution in [0.5, 0.6) is 0 Å². The normalized spacial score (nSPS) is 10.0. The summed E-state index contributed by atoms with van der Waals surface area (Å²) in [6.07, 6.45) is 2.39. The molecule has 0 unspecified atom stereocenters. The van der Waals surface area contributed by atoms with Crippen molar-refractivity contribution in [3.05, 3.63) is 59.4 Å². The summed E-state index contributed by atoms with van der Waals surface area (Å²) in [4.78, 5) is 19.3. The predicted molar refractivity (Wildman–Crippen MR) is 71.2 cm³/mol. The zero-order valence-corrected chi connectivity index (χ0v) is 9.84. The standard InChI is InChI=1S/C14H13N3O/c1-16-13-6-5-10(9-12(13)14(15)18)8-11-4-2-3-7-17-11/h2-7,9H,1,8H2,(H2,15,18). The highest BCUT2D eigenvalue weighted by atomic mass is 16.1. The third-order valence-electron chi connectivity index (χ3n) is 2.61. The summed E-state index contributed by atoms with van der Waals surface area (Å²) < 4.78 is 0. The second kappa shape index (κ2) is 5.23. The molecule has 4 nitrogen and oxygen atoms in total. The van der Waals surface area contributed by atoms with Crippen molar-refractivity contribution < 1.29 is 4.79 Å². The maximum Gasteiger partial charge on any atom is 0.250 e. The molecule has 1 amide bonds. The Labute approximate surface area is 105 Å². The van der Waals surface area contributed by atoms with E-state index >= 15 is 0 Å². The Morgan fingerprint density at radius 1 is 1.33 bits per heavy atom. The number of hydrogen-bond acceptors (Lipinski definition) is 3. The third kappa shape index (κ3) is 2.60. The molecule has 90 valence electrons. The van der Waals surface area contributed by atoms with Gasteiger partial charge >= 0.3 is 0 Å². The van der Waals surface area contributed by atoms with Crippen molar-refractivity contribution in [2.45, 2.75) is 6.42 Å². The zero-order valence-electron chi connectivity index (χ0n) is 9.84. The Bertz CT molecular complexity index is 579. The van der Waals surface area contributed by atoms with Crippen LogP contribution in [0.25, 0.3) is 0 Å². The third-order valence-corrected chi connectivity index (χ3v) is 2.61. The van der Waals surface area contributed by atoms with Crippen LogP contribution in [-0.4, -0.2) is 17.6 Å². The van der Waals surface area contributed by atoms with Gasteiger partial charge in [-0.05, 0) is 36.5 Å². The Morgan fingerprint density at radius 2 is 2.17 bits per heavy atom. The summed E-state index contributed by atoms with van der Waals surface area (Å²) in [6, 6.07) is 11.1. The van der Waals surface area contributed by atoms with Gasteiger partial charge in [0.05, 0.1) is 11.3 Å². The molecule has 0 aliphatic rings. The first-order valence-corrected chi connectivity index (χ1v) is 5.50. The summed E-state index contributed by atoms with van der Waals surface area (Å²) in [7, 11) is 0. The lowest BCUT2D eigenvalue weighted by atomic mass is 10.0. The van der Waals surface area contributed by atoms with Gasteiger partial charge in [0.25, 0.3) is 5.91 Å². The molecule has 0 bridgehead atoms. The number of aromatic nitrogens is 1. The summed E-state index contributed by atoms with van der Waals surface area (Å²) in [5.74, 6) is -0.500. The quantitative estimate of drug-likeness (QED) is 0.830. The average molecular weight is 239 g/mol. The van der Waals surface area contributed by atoms with E-state index in [0.717, 1.165) is 11.3 Å². The molecule has 0 spiro atoms. The van der Waals surface area contributed by atoms with Gasteiger partial charge in [0.15, 0.2) is 0 Å². The van der Waals surface area contributed by atoms with E-state index in [4.69, 9.17) is 5.73 Å². The van der Waals surface area contributed by atoms with Crippen molar-refractivity contribution in [1.82, 2.24) is 4.98 Å². The van der Waals surface area contributed by atoms with Crippen LogP contribution in [-0.2, 0) is 6.42 Å². The first-order chi connectivity index (χ1) is 8.70. The second-order valence-corrected chi connectivity index (χ2v) is 3.87. The van der Waals surface area contributed by atoms with Gasteiger partial charge < -0.3 is 5.73 Å². The summed E-state index contributed by atoms with van der Waals surface area (Å²) in [6.45, 7) is 3.42. The van der Waals surface area contributed by atoms with E-state index in [1.165, 1.54) is 0 Å². The molecule has 2 aromatic rings. The van der Waals surface area contributed by atoms with Gasteiger partial charge in [-0.25, -0.2) is 0 Å². The zero-order chi connectivity index (χ0) is 13.0. The maximum absolute atomic E-state index is 11.3. The number of amides is 1. The number of primary amides is 1. The molecule has 0 saturated heterocycles. The number of rotatable bonds is 4. The lowest BCUT2D eigenvalue weighted by Gasteiger charge is -2.05. The number of nitrogens with zero attached hydrogens (tertiary/aromatic N) is 2. The van der Waals surface area contributed by atoms with Crippen LogP contribution in [0.4, 0.5) is 5.69 Å². The molecule has 0 fully saturated rings. The molecular formula is C14H13N3O. The monoisotopic (exact) mass is 239 g/mol. The Hall–Kier alpha value is -2.49. The van der Waals surface area contributed by atoms with Crippen LogP contribution in [0.3, 0.4) is 0 Å². The van der Waals surface area contributed by atoms with Gasteiger partial charge in [0, 0.05) is 18.3 Å². The summed E-state index contributed by atoms with van der Waals surface area (Å²) >= 11 is 0. The number of carbonyl (C=O) groups is 1. The van der Waals surface area contributed by atoms with Crippen LogP contribution >= 0.6 is 0 Å². The highest BCUT2D eigenvalue weighted by Crippen LogP contribution is 2.21. The molecule has 0 aliphatic carbocycles. The Kier molecular flexibility index (Phi) is 3.48. The van der Waals surface area contributed by atoms with E-state index in [2.05, 4.69) is 16.7 Å². The number of nitrogens with two attached hydrogens (primary N) is 1. The lowest BCUT2D eigenvalue weighted by Crippen LogP contribution is -2.11. The van der Waals surface area contributed by atoms with Crippen LogP contribution in [0.15, 0.2) is 47.6 Å². The van der Waals surface area contributed by atoms with Crippen molar-refractivity contribution >= 4 is 18.3 Å². The highest BCUT2D eigenvalue weighted by Gasteiger charge is 2.08. The SMILES string of the molecule is C=Nc1ccc(Cc2ccccn2)cc1C(N)=O. The molecule has 0 radical (unpaired) electrons. The van der Waals surface area contributed by atoms with Crippen LogP contribution in [0.1, 0.15) is 21.6 Å². The number of aliphatic imine (C=N–C) groups is 1. The van der Waals surface area contributed by atoms with E-state index in [1.807, 2.05) is 24.3 Å². The molecule has 2 rings (SSSR count). The minimum atomic E-state index is -0.500. The van der Waals surface area contributed by atoms with E-state index < -0.39 is 5.91 Å². The molecule has 0 aliphatic heterocycles. The number of hydrogen-bond donors (Lipinski definition) is 1. The molecular weight excluding hydrogens is 226 g/mol. The minimum absolute atomic E-state index is 0.387. The van der Waals surface area contributed by atoms with Gasteiger partial charge in [-0.2, -0.15) is 0 Å². The van der Waals surface area contributed by atoms with E-state index in [9.17, 15) is 4.79 Å². The highest BCUT2D eigenvalue weighted by molar-refractivity contribution is 5.98. The fourth-order valence-corrected chi connectivity index (χ4v) is 1.74.